The van der Waals surface area contributed by atoms with E-state index in [0.717, 1.165) is 25.0 Å². The van der Waals surface area contributed by atoms with Crippen molar-refractivity contribution in [1.82, 2.24) is 0 Å². The van der Waals surface area contributed by atoms with Crippen LogP contribution in [0, 0.1) is 17.6 Å². The molecule has 0 spiro atoms. The smallest absolute Gasteiger partial charge is 0.150 e. The molecule has 1 aliphatic rings. The van der Waals surface area contributed by atoms with Crippen LogP contribution in [0.25, 0.3) is 0 Å². The van der Waals surface area contributed by atoms with E-state index in [0.29, 0.717) is 5.92 Å². The van der Waals surface area contributed by atoms with Gasteiger partial charge < -0.3 is 5.32 Å². The second-order valence-corrected chi connectivity index (χ2v) is 5.13. The summed E-state index contributed by atoms with van der Waals surface area (Å²) in [6.45, 7) is 2.02. The third-order valence-corrected chi connectivity index (χ3v) is 3.78. The zero-order valence-corrected chi connectivity index (χ0v) is 10.5. The number of hydrogen-bond donors (Lipinski definition) is 1. The van der Waals surface area contributed by atoms with Crippen LogP contribution in [-0.4, -0.2) is 6.04 Å². The van der Waals surface area contributed by atoms with E-state index in [9.17, 15) is 8.78 Å². The maximum atomic E-state index is 13.6. The monoisotopic (exact) mass is 259 g/mol. The first-order chi connectivity index (χ1) is 8.08. The molecule has 0 amide bonds. The fourth-order valence-electron chi connectivity index (χ4n) is 2.48. The molecule has 1 unspecified atom stereocenters. The Morgan fingerprint density at radius 2 is 1.94 bits per heavy atom. The van der Waals surface area contributed by atoms with Crippen LogP contribution < -0.4 is 5.32 Å². The quantitative estimate of drug-likeness (QED) is 0.836. The van der Waals surface area contributed by atoms with Crippen molar-refractivity contribution in [3.05, 3.63) is 28.8 Å². The molecule has 1 aliphatic carbocycles. The zero-order valence-electron chi connectivity index (χ0n) is 9.77. The Balaban J connectivity index is 2.12. The Hall–Kier alpha value is -0.830. The van der Waals surface area contributed by atoms with Gasteiger partial charge in [-0.25, -0.2) is 8.78 Å². The van der Waals surface area contributed by atoms with Gasteiger partial charge in [-0.2, -0.15) is 0 Å². The summed E-state index contributed by atoms with van der Waals surface area (Å²) in [5.41, 5.74) is 0.215. The van der Waals surface area contributed by atoms with Gasteiger partial charge in [0, 0.05) is 12.1 Å². The molecule has 2 rings (SSSR count). The molecular formula is C13H16ClF2N. The van der Waals surface area contributed by atoms with Crippen LogP contribution >= 0.6 is 11.6 Å². The summed E-state index contributed by atoms with van der Waals surface area (Å²) in [6, 6.07) is 2.15. The van der Waals surface area contributed by atoms with Crippen molar-refractivity contribution < 1.29 is 8.78 Å². The lowest BCUT2D eigenvalue weighted by Crippen LogP contribution is -2.24. The Kier molecular flexibility index (Phi) is 3.87. The molecule has 17 heavy (non-hydrogen) atoms. The van der Waals surface area contributed by atoms with Crippen LogP contribution in [0.1, 0.15) is 32.6 Å². The van der Waals surface area contributed by atoms with Gasteiger partial charge in [0.25, 0.3) is 0 Å². The summed E-state index contributed by atoms with van der Waals surface area (Å²) in [5, 5.41) is 3.18. The number of nitrogens with one attached hydrogen (secondary N) is 1. The van der Waals surface area contributed by atoms with E-state index in [1.165, 1.54) is 12.8 Å². The fourth-order valence-corrected chi connectivity index (χ4v) is 2.73. The van der Waals surface area contributed by atoms with Crippen molar-refractivity contribution in [1.29, 1.82) is 0 Å². The Morgan fingerprint density at radius 3 is 2.53 bits per heavy atom. The van der Waals surface area contributed by atoms with Crippen LogP contribution in [0.5, 0.6) is 0 Å². The van der Waals surface area contributed by atoms with E-state index in [4.69, 9.17) is 11.6 Å². The Morgan fingerprint density at radius 1 is 1.29 bits per heavy atom. The van der Waals surface area contributed by atoms with Gasteiger partial charge in [-0.1, -0.05) is 24.4 Å². The molecule has 0 aliphatic heterocycles. The second kappa shape index (κ2) is 5.21. The molecular weight excluding hydrogens is 244 g/mol. The lowest BCUT2D eigenvalue weighted by molar-refractivity contribution is 0.479. The van der Waals surface area contributed by atoms with Gasteiger partial charge in [0.15, 0.2) is 5.82 Å². The molecule has 1 N–H and O–H groups in total. The van der Waals surface area contributed by atoms with Gasteiger partial charge in [-0.3, -0.25) is 0 Å². The SMILES string of the molecule is CC(Nc1c(F)cc(F)cc1Cl)C1CCCC1. The van der Waals surface area contributed by atoms with Gasteiger partial charge in [-0.15, -0.1) is 0 Å². The van der Waals surface area contributed by atoms with E-state index in [2.05, 4.69) is 5.32 Å². The fraction of sp³-hybridized carbons (Fsp3) is 0.538. The molecule has 0 aromatic heterocycles. The minimum absolute atomic E-state index is 0.104. The van der Waals surface area contributed by atoms with Crippen LogP contribution in [-0.2, 0) is 0 Å². The minimum atomic E-state index is -0.647. The summed E-state index contributed by atoms with van der Waals surface area (Å²) in [5.74, 6) is -0.720. The highest BCUT2D eigenvalue weighted by Gasteiger charge is 2.23. The highest BCUT2D eigenvalue weighted by Crippen LogP contribution is 2.32. The molecule has 94 valence electrons. The zero-order chi connectivity index (χ0) is 12.4. The number of hydrogen-bond acceptors (Lipinski definition) is 1. The number of anilines is 1. The van der Waals surface area contributed by atoms with Crippen molar-refractivity contribution in [3.8, 4) is 0 Å². The third kappa shape index (κ3) is 2.89. The lowest BCUT2D eigenvalue weighted by atomic mass is 9.99. The standard InChI is InChI=1S/C13H16ClF2N/c1-8(9-4-2-3-5-9)17-13-11(14)6-10(15)7-12(13)16/h6-9,17H,2-5H2,1H3. The van der Waals surface area contributed by atoms with E-state index in [1.54, 1.807) is 0 Å². The molecule has 1 nitrogen and oxygen atoms in total. The van der Waals surface area contributed by atoms with Gasteiger partial charge in [0.05, 0.1) is 10.7 Å². The summed E-state index contributed by atoms with van der Waals surface area (Å²) in [7, 11) is 0. The average Bonchev–Trinajstić information content (AvgIpc) is 2.76. The first-order valence-corrected chi connectivity index (χ1v) is 6.37. The topological polar surface area (TPSA) is 12.0 Å². The van der Waals surface area contributed by atoms with Gasteiger partial charge in [0.1, 0.15) is 5.82 Å². The Bertz CT molecular complexity index is 379. The molecule has 4 heteroatoms. The molecule has 1 aromatic rings. The molecule has 1 fully saturated rings. The first-order valence-electron chi connectivity index (χ1n) is 5.99. The van der Waals surface area contributed by atoms with Crippen LogP contribution in [0.2, 0.25) is 5.02 Å². The summed E-state index contributed by atoms with van der Waals surface area (Å²) < 4.78 is 26.5. The predicted molar refractivity (Wildman–Crippen MR) is 66.4 cm³/mol. The van der Waals surface area contributed by atoms with Crippen molar-refractivity contribution in [2.45, 2.75) is 38.6 Å². The molecule has 0 radical (unpaired) electrons. The highest BCUT2D eigenvalue weighted by atomic mass is 35.5. The largest absolute Gasteiger partial charge is 0.379 e. The lowest BCUT2D eigenvalue weighted by Gasteiger charge is -2.22. The molecule has 0 bridgehead atoms. The number of halogens is 3. The predicted octanol–water partition coefficient (Wildman–Crippen LogP) is 4.61. The van der Waals surface area contributed by atoms with E-state index < -0.39 is 11.6 Å². The van der Waals surface area contributed by atoms with Crippen LogP contribution in [0.15, 0.2) is 12.1 Å². The maximum absolute atomic E-state index is 13.6. The maximum Gasteiger partial charge on any atom is 0.150 e. The molecule has 0 saturated heterocycles. The van der Waals surface area contributed by atoms with E-state index >= 15 is 0 Å². The van der Waals surface area contributed by atoms with Crippen molar-refractivity contribution >= 4 is 17.3 Å². The molecule has 1 aromatic carbocycles. The average molecular weight is 260 g/mol. The van der Waals surface area contributed by atoms with E-state index in [-0.39, 0.29) is 16.8 Å². The Labute approximate surface area is 105 Å². The molecule has 1 saturated carbocycles. The minimum Gasteiger partial charge on any atom is -0.379 e. The van der Waals surface area contributed by atoms with E-state index in [1.807, 2.05) is 6.92 Å². The number of benzene rings is 1. The van der Waals surface area contributed by atoms with Crippen molar-refractivity contribution in [3.63, 3.8) is 0 Å². The van der Waals surface area contributed by atoms with Gasteiger partial charge in [-0.05, 0) is 31.7 Å². The van der Waals surface area contributed by atoms with Crippen molar-refractivity contribution in [2.24, 2.45) is 5.92 Å². The summed E-state index contributed by atoms with van der Waals surface area (Å²) >= 11 is 5.84. The van der Waals surface area contributed by atoms with Crippen LogP contribution in [0.4, 0.5) is 14.5 Å². The third-order valence-electron chi connectivity index (χ3n) is 3.49. The van der Waals surface area contributed by atoms with Crippen molar-refractivity contribution in [2.75, 3.05) is 5.32 Å². The molecule has 1 atom stereocenters. The normalized spacial score (nSPS) is 18.4. The van der Waals surface area contributed by atoms with Gasteiger partial charge >= 0.3 is 0 Å². The highest BCUT2D eigenvalue weighted by molar-refractivity contribution is 6.33. The summed E-state index contributed by atoms with van der Waals surface area (Å²) in [4.78, 5) is 0. The first kappa shape index (κ1) is 12.6. The number of rotatable bonds is 3. The summed E-state index contributed by atoms with van der Waals surface area (Å²) in [6.07, 6.45) is 4.79. The van der Waals surface area contributed by atoms with Crippen LogP contribution in [0.3, 0.4) is 0 Å². The molecule has 0 heterocycles. The second-order valence-electron chi connectivity index (χ2n) is 4.72. The van der Waals surface area contributed by atoms with Gasteiger partial charge in [0.2, 0.25) is 0 Å².